The Labute approximate surface area is 168 Å². The Morgan fingerprint density at radius 3 is 2.37 bits per heavy atom. The van der Waals surface area contributed by atoms with Crippen LogP contribution in [0.3, 0.4) is 0 Å². The summed E-state index contributed by atoms with van der Waals surface area (Å²) in [5.41, 5.74) is 2.31. The maximum Gasteiger partial charge on any atom is 0.262 e. The van der Waals surface area contributed by atoms with Crippen LogP contribution < -0.4 is 0 Å². The highest BCUT2D eigenvalue weighted by molar-refractivity contribution is 6.34. The largest absolute Gasteiger partial charge is 0.337 e. The fourth-order valence-corrected chi connectivity index (χ4v) is 3.48. The molecule has 1 aliphatic rings. The lowest BCUT2D eigenvalue weighted by molar-refractivity contribution is -0.139. The van der Waals surface area contributed by atoms with Crippen molar-refractivity contribution in [2.75, 3.05) is 13.6 Å². The standard InChI is InChI=1S/C20H19Cl2N3O2/c1-13(26)24(2)12-20(27)25-19(15-8-4-6-10-17(15)22)11-18(23-25)14-7-3-5-9-16(14)21/h3-10,19H,11-12H2,1-2H3/t19-/m1/s1. The number of hydrogen-bond acceptors (Lipinski definition) is 3. The molecule has 0 N–H and O–H groups in total. The number of amides is 2. The normalized spacial score (nSPS) is 16.2. The summed E-state index contributed by atoms with van der Waals surface area (Å²) in [4.78, 5) is 25.7. The Kier molecular flexibility index (Phi) is 5.82. The molecule has 0 spiro atoms. The Bertz CT molecular complexity index is 914. The molecule has 2 amide bonds. The van der Waals surface area contributed by atoms with Crippen LogP contribution in [0.4, 0.5) is 0 Å². The first kappa shape index (κ1) is 19.4. The third-order valence-electron chi connectivity index (χ3n) is 4.52. The summed E-state index contributed by atoms with van der Waals surface area (Å²) in [6, 6.07) is 14.4. The number of likely N-dealkylation sites (N-methyl/N-ethyl adjacent to an activating group) is 1. The number of rotatable bonds is 4. The smallest absolute Gasteiger partial charge is 0.262 e. The van der Waals surface area contributed by atoms with Gasteiger partial charge < -0.3 is 4.90 Å². The van der Waals surface area contributed by atoms with Crippen molar-refractivity contribution in [1.29, 1.82) is 0 Å². The fraction of sp³-hybridized carbons (Fsp3) is 0.250. The van der Waals surface area contributed by atoms with Gasteiger partial charge in [0.2, 0.25) is 5.91 Å². The van der Waals surface area contributed by atoms with E-state index in [1.54, 1.807) is 19.2 Å². The molecule has 0 saturated heterocycles. The zero-order valence-corrected chi connectivity index (χ0v) is 16.5. The number of carbonyl (C=O) groups is 2. The van der Waals surface area contributed by atoms with Crippen molar-refractivity contribution in [3.8, 4) is 0 Å². The maximum atomic E-state index is 12.9. The van der Waals surface area contributed by atoms with E-state index in [-0.39, 0.29) is 24.4 Å². The van der Waals surface area contributed by atoms with E-state index in [0.717, 1.165) is 11.1 Å². The van der Waals surface area contributed by atoms with Crippen LogP contribution in [0.1, 0.15) is 30.5 Å². The molecule has 0 aromatic heterocycles. The minimum atomic E-state index is -0.349. The lowest BCUT2D eigenvalue weighted by Gasteiger charge is -2.25. The lowest BCUT2D eigenvalue weighted by atomic mass is 9.98. The van der Waals surface area contributed by atoms with Crippen LogP contribution in [0.5, 0.6) is 0 Å². The van der Waals surface area contributed by atoms with Crippen molar-refractivity contribution in [2.45, 2.75) is 19.4 Å². The predicted octanol–water partition coefficient (Wildman–Crippen LogP) is 4.15. The molecule has 1 heterocycles. The van der Waals surface area contributed by atoms with Crippen molar-refractivity contribution in [1.82, 2.24) is 9.91 Å². The predicted molar refractivity (Wildman–Crippen MR) is 107 cm³/mol. The van der Waals surface area contributed by atoms with E-state index >= 15 is 0 Å². The monoisotopic (exact) mass is 403 g/mol. The van der Waals surface area contributed by atoms with Crippen molar-refractivity contribution in [3.05, 3.63) is 69.7 Å². The molecular weight excluding hydrogens is 385 g/mol. The second-order valence-electron chi connectivity index (χ2n) is 6.38. The quantitative estimate of drug-likeness (QED) is 0.769. The van der Waals surface area contributed by atoms with E-state index < -0.39 is 0 Å². The molecule has 0 saturated carbocycles. The van der Waals surface area contributed by atoms with Gasteiger partial charge in [0.05, 0.1) is 11.8 Å². The van der Waals surface area contributed by atoms with Gasteiger partial charge in [-0.3, -0.25) is 9.59 Å². The summed E-state index contributed by atoms with van der Waals surface area (Å²) in [5.74, 6) is -0.466. The molecule has 0 radical (unpaired) electrons. The summed E-state index contributed by atoms with van der Waals surface area (Å²) in [6.45, 7) is 1.36. The van der Waals surface area contributed by atoms with Gasteiger partial charge in [-0.15, -0.1) is 0 Å². The molecular formula is C20H19Cl2N3O2. The van der Waals surface area contributed by atoms with Gasteiger partial charge in [-0.2, -0.15) is 5.10 Å². The molecule has 1 aliphatic heterocycles. The van der Waals surface area contributed by atoms with Gasteiger partial charge in [0.1, 0.15) is 6.54 Å². The van der Waals surface area contributed by atoms with E-state index in [4.69, 9.17) is 23.2 Å². The van der Waals surface area contributed by atoms with Gasteiger partial charge >= 0.3 is 0 Å². The van der Waals surface area contributed by atoms with Crippen molar-refractivity contribution < 1.29 is 9.59 Å². The summed E-state index contributed by atoms with van der Waals surface area (Å²) >= 11 is 12.7. The van der Waals surface area contributed by atoms with Crippen LogP contribution in [0.25, 0.3) is 0 Å². The molecule has 0 unspecified atom stereocenters. The Balaban J connectivity index is 1.98. The Morgan fingerprint density at radius 1 is 1.11 bits per heavy atom. The molecule has 0 aliphatic carbocycles. The van der Waals surface area contributed by atoms with Gasteiger partial charge in [-0.05, 0) is 17.7 Å². The van der Waals surface area contributed by atoms with E-state index in [9.17, 15) is 9.59 Å². The summed E-state index contributed by atoms with van der Waals surface area (Å²) < 4.78 is 0. The van der Waals surface area contributed by atoms with Gasteiger partial charge in [0, 0.05) is 36.0 Å². The van der Waals surface area contributed by atoms with E-state index in [2.05, 4.69) is 5.10 Å². The second kappa shape index (κ2) is 8.11. The molecule has 7 heteroatoms. The lowest BCUT2D eigenvalue weighted by Crippen LogP contribution is -2.38. The average molecular weight is 404 g/mol. The van der Waals surface area contributed by atoms with E-state index in [1.807, 2.05) is 36.4 Å². The Hall–Kier alpha value is -2.37. The maximum absolute atomic E-state index is 12.9. The number of hydrazone groups is 1. The topological polar surface area (TPSA) is 53.0 Å². The highest BCUT2D eigenvalue weighted by atomic mass is 35.5. The number of halogens is 2. The van der Waals surface area contributed by atoms with Crippen LogP contribution in [0, 0.1) is 0 Å². The molecule has 1 atom stereocenters. The molecule has 3 rings (SSSR count). The van der Waals surface area contributed by atoms with Gasteiger partial charge in [-0.25, -0.2) is 5.01 Å². The highest BCUT2D eigenvalue weighted by Crippen LogP contribution is 2.37. The Morgan fingerprint density at radius 2 is 1.74 bits per heavy atom. The summed E-state index contributed by atoms with van der Waals surface area (Å²) in [7, 11) is 1.58. The van der Waals surface area contributed by atoms with E-state index in [1.165, 1.54) is 16.8 Å². The molecule has 0 bridgehead atoms. The molecule has 27 heavy (non-hydrogen) atoms. The van der Waals surface area contributed by atoms with Crippen LogP contribution in [-0.2, 0) is 9.59 Å². The summed E-state index contributed by atoms with van der Waals surface area (Å²) in [6.07, 6.45) is 0.489. The second-order valence-corrected chi connectivity index (χ2v) is 7.20. The average Bonchev–Trinajstić information content (AvgIpc) is 3.07. The molecule has 140 valence electrons. The minimum absolute atomic E-state index is 0.0599. The third kappa shape index (κ3) is 4.15. The number of carbonyl (C=O) groups excluding carboxylic acids is 2. The van der Waals surface area contributed by atoms with Gasteiger partial charge in [0.15, 0.2) is 0 Å². The molecule has 2 aromatic carbocycles. The molecule has 0 fully saturated rings. The molecule has 5 nitrogen and oxygen atoms in total. The zero-order chi connectivity index (χ0) is 19.6. The van der Waals surface area contributed by atoms with Crippen LogP contribution in [0.2, 0.25) is 10.0 Å². The summed E-state index contributed by atoms with van der Waals surface area (Å²) in [5, 5.41) is 7.10. The van der Waals surface area contributed by atoms with Crippen LogP contribution in [0.15, 0.2) is 53.6 Å². The van der Waals surface area contributed by atoms with Crippen LogP contribution in [-0.4, -0.2) is 41.0 Å². The fourth-order valence-electron chi connectivity index (χ4n) is 2.97. The van der Waals surface area contributed by atoms with Gasteiger partial charge in [-0.1, -0.05) is 59.6 Å². The first-order chi connectivity index (χ1) is 12.9. The SMILES string of the molecule is CC(=O)N(C)CC(=O)N1N=C(c2ccccc2Cl)C[C@@H]1c1ccccc1Cl. The first-order valence-corrected chi connectivity index (χ1v) is 9.24. The minimum Gasteiger partial charge on any atom is -0.337 e. The number of benzene rings is 2. The van der Waals surface area contributed by atoms with E-state index in [0.29, 0.717) is 22.2 Å². The third-order valence-corrected chi connectivity index (χ3v) is 5.20. The van der Waals surface area contributed by atoms with Crippen LogP contribution >= 0.6 is 23.2 Å². The number of nitrogens with zero attached hydrogens (tertiary/aromatic N) is 3. The zero-order valence-electron chi connectivity index (χ0n) is 15.0. The van der Waals surface area contributed by atoms with Crippen molar-refractivity contribution in [2.24, 2.45) is 5.10 Å². The first-order valence-electron chi connectivity index (χ1n) is 8.49. The van der Waals surface area contributed by atoms with Crippen molar-refractivity contribution in [3.63, 3.8) is 0 Å². The van der Waals surface area contributed by atoms with Gasteiger partial charge in [0.25, 0.3) is 5.91 Å². The van der Waals surface area contributed by atoms with Crippen molar-refractivity contribution >= 4 is 40.7 Å². The molecule has 2 aromatic rings. The highest BCUT2D eigenvalue weighted by Gasteiger charge is 2.35. The number of hydrogen-bond donors (Lipinski definition) is 0.